The predicted molar refractivity (Wildman–Crippen MR) is 102 cm³/mol. The smallest absolute Gasteiger partial charge is 0.255 e. The zero-order valence-corrected chi connectivity index (χ0v) is 16.2. The van der Waals surface area contributed by atoms with Gasteiger partial charge in [0, 0.05) is 27.9 Å². The van der Waals surface area contributed by atoms with E-state index in [-0.39, 0.29) is 5.56 Å². The van der Waals surface area contributed by atoms with Gasteiger partial charge in [-0.3, -0.25) is 4.79 Å². The van der Waals surface area contributed by atoms with Crippen molar-refractivity contribution in [1.82, 2.24) is 4.31 Å². The molecule has 1 aliphatic heterocycles. The molecule has 0 saturated carbocycles. The van der Waals surface area contributed by atoms with Crippen molar-refractivity contribution in [1.29, 1.82) is 0 Å². The van der Waals surface area contributed by atoms with Crippen molar-refractivity contribution in [2.75, 3.05) is 18.4 Å². The third-order valence-corrected chi connectivity index (χ3v) is 6.61. The Morgan fingerprint density at radius 2 is 1.72 bits per heavy atom. The van der Waals surface area contributed by atoms with Crippen molar-refractivity contribution in [2.45, 2.75) is 17.7 Å². The number of nitrogens with zero attached hydrogens (tertiary/aromatic N) is 1. The van der Waals surface area contributed by atoms with E-state index in [2.05, 4.69) is 27.9 Å². The average Bonchev–Trinajstić information content (AvgIpc) is 3.12. The lowest BCUT2D eigenvalue weighted by atomic mass is 10.2. The fourth-order valence-corrected chi connectivity index (χ4v) is 4.61. The number of rotatable bonds is 4. The number of hydrogen-bond acceptors (Lipinski definition) is 3. The lowest BCUT2D eigenvalue weighted by Gasteiger charge is -2.16. The van der Waals surface area contributed by atoms with Crippen LogP contribution in [0.3, 0.4) is 0 Å². The van der Waals surface area contributed by atoms with Crippen molar-refractivity contribution in [3.8, 4) is 0 Å². The third-order valence-electron chi connectivity index (χ3n) is 3.98. The molecule has 1 heterocycles. The van der Waals surface area contributed by atoms with Crippen LogP contribution in [0.4, 0.5) is 10.1 Å². The van der Waals surface area contributed by atoms with Gasteiger partial charge in [-0.05, 0) is 77.9 Å². The van der Waals surface area contributed by atoms with Gasteiger partial charge in [0.15, 0.2) is 0 Å². The van der Waals surface area contributed by atoms with E-state index < -0.39 is 26.6 Å². The molecule has 132 valence electrons. The summed E-state index contributed by atoms with van der Waals surface area (Å²) >= 11 is 2.15. The summed E-state index contributed by atoms with van der Waals surface area (Å²) in [6, 6.07) is 10.6. The molecule has 0 atom stereocenters. The quantitative estimate of drug-likeness (QED) is 0.691. The first-order valence-electron chi connectivity index (χ1n) is 7.74. The average molecular weight is 474 g/mol. The molecule has 8 heteroatoms. The Balaban J connectivity index is 1.88. The highest BCUT2D eigenvalue weighted by Crippen LogP contribution is 2.24. The minimum atomic E-state index is -3.93. The molecule has 0 unspecified atom stereocenters. The molecule has 25 heavy (non-hydrogen) atoms. The second kappa shape index (κ2) is 7.38. The van der Waals surface area contributed by atoms with Crippen molar-refractivity contribution in [3.05, 3.63) is 57.4 Å². The fourth-order valence-electron chi connectivity index (χ4n) is 2.65. The van der Waals surface area contributed by atoms with Gasteiger partial charge in [0.2, 0.25) is 10.0 Å². The van der Waals surface area contributed by atoms with Gasteiger partial charge in [-0.15, -0.1) is 0 Å². The van der Waals surface area contributed by atoms with Gasteiger partial charge in [-0.25, -0.2) is 12.8 Å². The van der Waals surface area contributed by atoms with Crippen molar-refractivity contribution in [2.24, 2.45) is 0 Å². The summed E-state index contributed by atoms with van der Waals surface area (Å²) in [5, 5.41) is 2.68. The summed E-state index contributed by atoms with van der Waals surface area (Å²) in [5.74, 6) is -1.34. The zero-order valence-electron chi connectivity index (χ0n) is 13.2. The van der Waals surface area contributed by atoms with E-state index in [9.17, 15) is 17.6 Å². The van der Waals surface area contributed by atoms with Crippen LogP contribution in [0, 0.1) is 9.39 Å². The summed E-state index contributed by atoms with van der Waals surface area (Å²) < 4.78 is 41.6. The van der Waals surface area contributed by atoms with Crippen LogP contribution < -0.4 is 5.32 Å². The van der Waals surface area contributed by atoms with E-state index in [1.54, 1.807) is 12.1 Å². The minimum Gasteiger partial charge on any atom is -0.322 e. The molecule has 1 amide bonds. The summed E-state index contributed by atoms with van der Waals surface area (Å²) in [4.78, 5) is 11.9. The van der Waals surface area contributed by atoms with E-state index in [1.807, 2.05) is 12.1 Å². The molecule has 1 fully saturated rings. The van der Waals surface area contributed by atoms with Gasteiger partial charge < -0.3 is 5.32 Å². The van der Waals surface area contributed by atoms with Crippen LogP contribution in [0.25, 0.3) is 0 Å². The number of nitrogens with one attached hydrogen (secondary N) is 1. The fraction of sp³-hybridized carbons (Fsp3) is 0.235. The predicted octanol–water partition coefficient (Wildman–Crippen LogP) is 3.47. The van der Waals surface area contributed by atoms with Gasteiger partial charge in [0.25, 0.3) is 5.91 Å². The van der Waals surface area contributed by atoms with Crippen LogP contribution in [0.15, 0.2) is 47.4 Å². The van der Waals surface area contributed by atoms with E-state index >= 15 is 0 Å². The van der Waals surface area contributed by atoms with E-state index in [1.165, 1.54) is 10.4 Å². The maximum absolute atomic E-state index is 14.1. The molecule has 2 aromatic carbocycles. The first kappa shape index (κ1) is 18.3. The van der Waals surface area contributed by atoms with Gasteiger partial charge >= 0.3 is 0 Å². The van der Waals surface area contributed by atoms with Crippen molar-refractivity contribution < 1.29 is 17.6 Å². The first-order chi connectivity index (χ1) is 11.9. The molecule has 0 spiro atoms. The van der Waals surface area contributed by atoms with Crippen LogP contribution in [0.5, 0.6) is 0 Å². The summed E-state index contributed by atoms with van der Waals surface area (Å²) in [6.45, 7) is 0.752. The van der Waals surface area contributed by atoms with E-state index in [4.69, 9.17) is 0 Å². The van der Waals surface area contributed by atoms with E-state index in [0.717, 1.165) is 28.5 Å². The normalized spacial score (nSPS) is 15.3. The largest absolute Gasteiger partial charge is 0.322 e. The molecule has 5 nitrogen and oxygen atoms in total. The molecule has 1 N–H and O–H groups in total. The highest BCUT2D eigenvalue weighted by molar-refractivity contribution is 14.1. The first-order valence-corrected chi connectivity index (χ1v) is 10.3. The highest BCUT2D eigenvalue weighted by atomic mass is 127. The molecule has 0 aliphatic carbocycles. The summed E-state index contributed by atoms with van der Waals surface area (Å²) in [7, 11) is -3.93. The van der Waals surface area contributed by atoms with Gasteiger partial charge in [-0.1, -0.05) is 0 Å². The van der Waals surface area contributed by atoms with Crippen LogP contribution in [-0.2, 0) is 10.0 Å². The lowest BCUT2D eigenvalue weighted by Crippen LogP contribution is -2.29. The molecule has 3 rings (SSSR count). The molecule has 1 aliphatic rings. The number of benzene rings is 2. The monoisotopic (exact) mass is 474 g/mol. The topological polar surface area (TPSA) is 66.5 Å². The minimum absolute atomic E-state index is 0.0951. The molecular formula is C17H16FIN2O3S. The summed E-state index contributed by atoms with van der Waals surface area (Å²) in [5.41, 5.74) is 0.677. The number of sulfonamides is 1. The number of hydrogen-bond donors (Lipinski definition) is 1. The van der Waals surface area contributed by atoms with Gasteiger partial charge in [0.05, 0.1) is 0 Å². The van der Waals surface area contributed by atoms with Crippen LogP contribution in [0.2, 0.25) is 0 Å². The Morgan fingerprint density at radius 3 is 2.36 bits per heavy atom. The Hall–Kier alpha value is -1.52. The number of halogens is 2. The number of carbonyl (C=O) groups excluding carboxylic acids is 1. The van der Waals surface area contributed by atoms with Crippen molar-refractivity contribution >= 4 is 44.2 Å². The Morgan fingerprint density at radius 1 is 1.08 bits per heavy atom. The molecule has 2 aromatic rings. The van der Waals surface area contributed by atoms with E-state index in [0.29, 0.717) is 18.8 Å². The second-order valence-corrected chi connectivity index (χ2v) is 8.87. The van der Waals surface area contributed by atoms with Crippen LogP contribution >= 0.6 is 22.6 Å². The second-order valence-electron chi connectivity index (χ2n) is 5.72. The maximum atomic E-state index is 14.1. The lowest BCUT2D eigenvalue weighted by molar-refractivity contribution is 0.102. The molecule has 0 aromatic heterocycles. The van der Waals surface area contributed by atoms with Crippen LogP contribution in [-0.4, -0.2) is 31.7 Å². The number of amides is 1. The van der Waals surface area contributed by atoms with Gasteiger partial charge in [0.1, 0.15) is 10.7 Å². The number of carbonyl (C=O) groups is 1. The molecule has 1 saturated heterocycles. The SMILES string of the molecule is O=C(Nc1ccc(I)cc1)c1ccc(F)c(S(=O)(=O)N2CCCC2)c1. The zero-order chi connectivity index (χ0) is 18.0. The Labute approximate surface area is 159 Å². The summed E-state index contributed by atoms with van der Waals surface area (Å²) in [6.07, 6.45) is 1.52. The number of anilines is 1. The molecule has 0 radical (unpaired) electrons. The van der Waals surface area contributed by atoms with Gasteiger partial charge in [-0.2, -0.15) is 4.31 Å². The molecule has 0 bridgehead atoms. The third kappa shape index (κ3) is 4.01. The standard InChI is InChI=1S/C17H16FIN2O3S/c18-15-8-3-12(17(22)20-14-6-4-13(19)5-7-14)11-16(15)25(23,24)21-9-1-2-10-21/h3-8,11H,1-2,9-10H2,(H,20,22). The highest BCUT2D eigenvalue weighted by Gasteiger charge is 2.30. The molecular weight excluding hydrogens is 458 g/mol. The van der Waals surface area contributed by atoms with Crippen molar-refractivity contribution in [3.63, 3.8) is 0 Å². The Bertz CT molecular complexity index is 895. The maximum Gasteiger partial charge on any atom is 0.255 e. The Kier molecular flexibility index (Phi) is 5.40. The van der Waals surface area contributed by atoms with Crippen LogP contribution in [0.1, 0.15) is 23.2 Å².